The molecule has 2 rings (SSSR count). The zero-order chi connectivity index (χ0) is 8.39. The molecule has 0 saturated carbocycles. The molecule has 2 nitrogen and oxygen atoms in total. The summed E-state index contributed by atoms with van der Waals surface area (Å²) >= 11 is 3.27. The van der Waals surface area contributed by atoms with Crippen LogP contribution < -0.4 is 5.32 Å². The summed E-state index contributed by atoms with van der Waals surface area (Å²) < 4.78 is 5.92. The van der Waals surface area contributed by atoms with Crippen LogP contribution in [0.5, 0.6) is 0 Å². The lowest BCUT2D eigenvalue weighted by molar-refractivity contribution is 0.541. The highest BCUT2D eigenvalue weighted by Gasteiger charge is 2.05. The summed E-state index contributed by atoms with van der Waals surface area (Å²) in [5.41, 5.74) is 2.59. The second kappa shape index (κ2) is 3.46. The summed E-state index contributed by atoms with van der Waals surface area (Å²) in [5.74, 6) is 0. The molecule has 64 valence electrons. The summed E-state index contributed by atoms with van der Waals surface area (Å²) in [6, 6.07) is 1.98. The molecule has 0 aromatic carbocycles. The Morgan fingerprint density at radius 2 is 2.50 bits per heavy atom. The van der Waals surface area contributed by atoms with Crippen LogP contribution in [0.25, 0.3) is 6.08 Å². The van der Waals surface area contributed by atoms with E-state index in [2.05, 4.69) is 27.3 Å². The zero-order valence-corrected chi connectivity index (χ0v) is 8.23. The first-order valence-electron chi connectivity index (χ1n) is 3.99. The highest BCUT2D eigenvalue weighted by Crippen LogP contribution is 2.18. The minimum atomic E-state index is 0.792. The molecular weight excluding hydrogens is 218 g/mol. The van der Waals surface area contributed by atoms with Gasteiger partial charge in [0.25, 0.3) is 0 Å². The van der Waals surface area contributed by atoms with E-state index < -0.39 is 0 Å². The molecule has 1 aromatic heterocycles. The minimum Gasteiger partial charge on any atom is -0.457 e. The predicted molar refractivity (Wildman–Crippen MR) is 51.9 cm³/mol. The van der Waals surface area contributed by atoms with Crippen molar-refractivity contribution in [1.29, 1.82) is 0 Å². The van der Waals surface area contributed by atoms with Crippen LogP contribution in [0.3, 0.4) is 0 Å². The first-order valence-corrected chi connectivity index (χ1v) is 4.78. The zero-order valence-electron chi connectivity index (χ0n) is 6.64. The summed E-state index contributed by atoms with van der Waals surface area (Å²) in [6.45, 7) is 2.12. The molecular formula is C9H10BrNO. The van der Waals surface area contributed by atoms with Gasteiger partial charge in [-0.3, -0.25) is 0 Å². The van der Waals surface area contributed by atoms with Crippen LogP contribution in [0.15, 0.2) is 27.0 Å². The lowest BCUT2D eigenvalue weighted by Crippen LogP contribution is -2.04. The van der Waals surface area contributed by atoms with Gasteiger partial charge in [0.15, 0.2) is 4.67 Å². The fraction of sp³-hybridized carbons (Fsp3) is 0.333. The summed E-state index contributed by atoms with van der Waals surface area (Å²) in [4.78, 5) is 0. The Labute approximate surface area is 79.8 Å². The summed E-state index contributed by atoms with van der Waals surface area (Å²) in [6.07, 6.45) is 5.09. The van der Waals surface area contributed by atoms with Crippen LogP contribution in [-0.4, -0.2) is 13.1 Å². The molecule has 0 unspecified atom stereocenters. The third kappa shape index (κ3) is 1.79. The molecule has 1 aromatic rings. The minimum absolute atomic E-state index is 0.792. The lowest BCUT2D eigenvalue weighted by atomic mass is 10.2. The number of hydrogen-bond donors (Lipinski definition) is 1. The van der Waals surface area contributed by atoms with Gasteiger partial charge in [-0.2, -0.15) is 0 Å². The van der Waals surface area contributed by atoms with E-state index in [0.717, 1.165) is 29.7 Å². The van der Waals surface area contributed by atoms with Gasteiger partial charge in [0.1, 0.15) is 0 Å². The van der Waals surface area contributed by atoms with Crippen molar-refractivity contribution in [3.05, 3.63) is 28.1 Å². The smallest absolute Gasteiger partial charge is 0.169 e. The largest absolute Gasteiger partial charge is 0.457 e. The summed E-state index contributed by atoms with van der Waals surface area (Å²) in [5, 5.41) is 3.29. The molecule has 1 N–H and O–H groups in total. The van der Waals surface area contributed by atoms with Crippen molar-refractivity contribution in [2.45, 2.75) is 6.42 Å². The number of hydrogen-bond acceptors (Lipinski definition) is 2. The highest BCUT2D eigenvalue weighted by molar-refractivity contribution is 9.10. The van der Waals surface area contributed by atoms with Crippen molar-refractivity contribution >= 4 is 22.0 Å². The maximum atomic E-state index is 5.13. The monoisotopic (exact) mass is 227 g/mol. The van der Waals surface area contributed by atoms with Gasteiger partial charge in [0, 0.05) is 12.1 Å². The molecule has 2 heterocycles. The van der Waals surface area contributed by atoms with Crippen molar-refractivity contribution in [3.63, 3.8) is 0 Å². The van der Waals surface area contributed by atoms with Crippen LogP contribution in [0.2, 0.25) is 0 Å². The van der Waals surface area contributed by atoms with Crippen molar-refractivity contribution in [1.82, 2.24) is 5.32 Å². The van der Waals surface area contributed by atoms with E-state index in [0.29, 0.717) is 0 Å². The molecule has 1 fully saturated rings. The third-order valence-corrected chi connectivity index (χ3v) is 2.35. The normalized spacial score (nSPS) is 20.6. The molecule has 0 amide bonds. The second-order valence-electron chi connectivity index (χ2n) is 2.91. The molecule has 0 atom stereocenters. The molecule has 0 bridgehead atoms. The van der Waals surface area contributed by atoms with Gasteiger partial charge in [-0.1, -0.05) is 11.6 Å². The van der Waals surface area contributed by atoms with Crippen LogP contribution in [0.1, 0.15) is 12.0 Å². The third-order valence-electron chi connectivity index (χ3n) is 1.93. The number of nitrogens with one attached hydrogen (secondary N) is 1. The Morgan fingerprint density at radius 3 is 3.08 bits per heavy atom. The fourth-order valence-corrected chi connectivity index (χ4v) is 1.70. The van der Waals surface area contributed by atoms with Gasteiger partial charge >= 0.3 is 0 Å². The Hall–Kier alpha value is -0.540. The fourth-order valence-electron chi connectivity index (χ4n) is 1.34. The molecule has 12 heavy (non-hydrogen) atoms. The number of rotatable bonds is 1. The van der Waals surface area contributed by atoms with Gasteiger partial charge < -0.3 is 9.73 Å². The van der Waals surface area contributed by atoms with Gasteiger partial charge in [-0.25, -0.2) is 0 Å². The van der Waals surface area contributed by atoms with Gasteiger partial charge in [-0.05, 0) is 35.0 Å². The van der Waals surface area contributed by atoms with Crippen LogP contribution in [0.4, 0.5) is 0 Å². The van der Waals surface area contributed by atoms with E-state index in [9.17, 15) is 0 Å². The standard InChI is InChI=1S/C9H10BrNO/c10-9-4-8(6-12-9)3-7-1-2-11-5-7/h3-4,6,11H,1-2,5H2/b7-3-. The Kier molecular flexibility index (Phi) is 2.33. The Morgan fingerprint density at radius 1 is 1.58 bits per heavy atom. The molecule has 1 saturated heterocycles. The van der Waals surface area contributed by atoms with Crippen molar-refractivity contribution in [3.8, 4) is 0 Å². The topological polar surface area (TPSA) is 25.2 Å². The predicted octanol–water partition coefficient (Wildman–Crippen LogP) is 2.42. The molecule has 1 aliphatic rings. The second-order valence-corrected chi connectivity index (χ2v) is 3.70. The number of halogens is 1. The van der Waals surface area contributed by atoms with Crippen LogP contribution >= 0.6 is 15.9 Å². The van der Waals surface area contributed by atoms with E-state index in [-0.39, 0.29) is 0 Å². The SMILES string of the molecule is Brc1cc(/C=C2/CCNC2)co1. The Balaban J connectivity index is 2.15. The van der Waals surface area contributed by atoms with Crippen molar-refractivity contribution < 1.29 is 4.42 Å². The van der Waals surface area contributed by atoms with E-state index in [1.807, 2.05) is 6.07 Å². The maximum Gasteiger partial charge on any atom is 0.169 e. The van der Waals surface area contributed by atoms with E-state index in [1.54, 1.807) is 6.26 Å². The Bertz CT molecular complexity index is 295. The van der Waals surface area contributed by atoms with E-state index >= 15 is 0 Å². The average molecular weight is 228 g/mol. The molecule has 0 radical (unpaired) electrons. The first kappa shape index (κ1) is 8.08. The van der Waals surface area contributed by atoms with Crippen molar-refractivity contribution in [2.75, 3.05) is 13.1 Å². The first-order chi connectivity index (χ1) is 5.84. The van der Waals surface area contributed by atoms with E-state index in [4.69, 9.17) is 4.42 Å². The van der Waals surface area contributed by atoms with Crippen LogP contribution in [-0.2, 0) is 0 Å². The van der Waals surface area contributed by atoms with Gasteiger partial charge in [0.2, 0.25) is 0 Å². The number of furan rings is 1. The lowest BCUT2D eigenvalue weighted by Gasteiger charge is -1.90. The molecule has 0 spiro atoms. The molecule has 3 heteroatoms. The molecule has 1 aliphatic heterocycles. The summed E-state index contributed by atoms with van der Waals surface area (Å²) in [7, 11) is 0. The quantitative estimate of drug-likeness (QED) is 0.798. The van der Waals surface area contributed by atoms with Crippen molar-refractivity contribution in [2.24, 2.45) is 0 Å². The average Bonchev–Trinajstić information content (AvgIpc) is 2.63. The van der Waals surface area contributed by atoms with Gasteiger partial charge in [0.05, 0.1) is 6.26 Å². The maximum absolute atomic E-state index is 5.13. The highest BCUT2D eigenvalue weighted by atomic mass is 79.9. The van der Waals surface area contributed by atoms with E-state index in [1.165, 1.54) is 5.57 Å². The molecule has 0 aliphatic carbocycles. The van der Waals surface area contributed by atoms with Crippen LogP contribution in [0, 0.1) is 0 Å². The van der Waals surface area contributed by atoms with Gasteiger partial charge in [-0.15, -0.1) is 0 Å².